The van der Waals surface area contributed by atoms with Crippen LogP contribution in [0.2, 0.25) is 0 Å². The molecule has 1 saturated heterocycles. The van der Waals surface area contributed by atoms with Crippen molar-refractivity contribution >= 4 is 11.7 Å². The van der Waals surface area contributed by atoms with Crippen molar-refractivity contribution in [3.05, 3.63) is 54.1 Å². The molecule has 3 aromatic rings. The maximum absolute atomic E-state index is 12.5. The van der Waals surface area contributed by atoms with E-state index in [1.165, 1.54) is 12.8 Å². The van der Waals surface area contributed by atoms with Crippen LogP contribution in [0.4, 0.5) is 5.82 Å². The first-order chi connectivity index (χ1) is 13.2. The molecule has 0 unspecified atom stereocenters. The second-order valence-corrected chi connectivity index (χ2v) is 6.32. The minimum atomic E-state index is -0.302. The summed E-state index contributed by atoms with van der Waals surface area (Å²) >= 11 is 0. The molecule has 1 aliphatic rings. The SMILES string of the molecule is Cc1nc(C(=O)NCc2nccc(N3CCCC3)n2)cc(-n2cccn2)n1. The molecule has 0 aromatic carbocycles. The van der Waals surface area contributed by atoms with Crippen molar-refractivity contribution in [3.8, 4) is 5.82 Å². The first-order valence-electron chi connectivity index (χ1n) is 8.90. The average molecular weight is 364 g/mol. The van der Waals surface area contributed by atoms with Crippen LogP contribution in [0.1, 0.15) is 35.0 Å². The summed E-state index contributed by atoms with van der Waals surface area (Å²) in [6.45, 7) is 4.01. The Bertz CT molecular complexity index is 934. The number of nitrogens with one attached hydrogen (secondary N) is 1. The van der Waals surface area contributed by atoms with Gasteiger partial charge in [0, 0.05) is 37.7 Å². The van der Waals surface area contributed by atoms with Gasteiger partial charge in [-0.05, 0) is 31.9 Å². The van der Waals surface area contributed by atoms with Crippen LogP contribution in [0.15, 0.2) is 36.8 Å². The van der Waals surface area contributed by atoms with Gasteiger partial charge < -0.3 is 10.2 Å². The summed E-state index contributed by atoms with van der Waals surface area (Å²) in [5, 5.41) is 6.97. The van der Waals surface area contributed by atoms with Gasteiger partial charge in [0.2, 0.25) is 0 Å². The standard InChI is InChI=1S/C18H20N8O/c1-13-22-14(11-17(23-13)26-10-4-6-21-26)18(27)20-12-15-19-7-5-16(24-15)25-8-2-3-9-25/h4-7,10-11H,2-3,8-9,12H2,1H3,(H,20,27). The van der Waals surface area contributed by atoms with Crippen LogP contribution in [-0.4, -0.2) is 48.7 Å². The molecule has 9 nitrogen and oxygen atoms in total. The predicted octanol–water partition coefficient (Wildman–Crippen LogP) is 1.29. The highest BCUT2D eigenvalue weighted by molar-refractivity contribution is 5.92. The molecule has 0 aliphatic carbocycles. The number of anilines is 1. The number of hydrogen-bond acceptors (Lipinski definition) is 7. The molecule has 3 aromatic heterocycles. The fourth-order valence-corrected chi connectivity index (χ4v) is 3.04. The van der Waals surface area contributed by atoms with E-state index < -0.39 is 0 Å². The van der Waals surface area contributed by atoms with E-state index in [1.54, 1.807) is 42.3 Å². The van der Waals surface area contributed by atoms with Gasteiger partial charge in [-0.15, -0.1) is 0 Å². The van der Waals surface area contributed by atoms with Gasteiger partial charge in [-0.3, -0.25) is 4.79 Å². The molecule has 9 heteroatoms. The molecule has 138 valence electrons. The van der Waals surface area contributed by atoms with Crippen LogP contribution >= 0.6 is 0 Å². The molecule has 0 saturated carbocycles. The largest absolute Gasteiger partial charge is 0.357 e. The number of aromatic nitrogens is 6. The summed E-state index contributed by atoms with van der Waals surface area (Å²) in [6.07, 6.45) is 7.51. The zero-order chi connectivity index (χ0) is 18.6. The van der Waals surface area contributed by atoms with Crippen molar-refractivity contribution in [2.45, 2.75) is 26.3 Å². The molecule has 1 amide bonds. The van der Waals surface area contributed by atoms with E-state index in [9.17, 15) is 4.79 Å². The Labute approximate surface area is 156 Å². The predicted molar refractivity (Wildman–Crippen MR) is 98.5 cm³/mol. The summed E-state index contributed by atoms with van der Waals surface area (Å²) in [7, 11) is 0. The van der Waals surface area contributed by atoms with E-state index in [0.29, 0.717) is 17.5 Å². The number of carbonyl (C=O) groups excluding carboxylic acids is 1. The van der Waals surface area contributed by atoms with Gasteiger partial charge in [0.15, 0.2) is 5.82 Å². The summed E-state index contributed by atoms with van der Waals surface area (Å²) < 4.78 is 1.59. The summed E-state index contributed by atoms with van der Waals surface area (Å²) in [5.74, 6) is 2.23. The van der Waals surface area contributed by atoms with E-state index in [4.69, 9.17) is 0 Å². The van der Waals surface area contributed by atoms with E-state index in [2.05, 4.69) is 35.3 Å². The highest BCUT2D eigenvalue weighted by Gasteiger charge is 2.15. The van der Waals surface area contributed by atoms with Gasteiger partial charge >= 0.3 is 0 Å². The lowest BCUT2D eigenvalue weighted by atomic mass is 10.3. The third-order valence-corrected chi connectivity index (χ3v) is 4.32. The first-order valence-corrected chi connectivity index (χ1v) is 8.90. The van der Waals surface area contributed by atoms with Crippen LogP contribution in [-0.2, 0) is 6.54 Å². The maximum Gasteiger partial charge on any atom is 0.270 e. The maximum atomic E-state index is 12.5. The lowest BCUT2D eigenvalue weighted by molar-refractivity contribution is 0.0944. The Morgan fingerprint density at radius 1 is 1.15 bits per heavy atom. The molecule has 4 rings (SSSR count). The normalized spacial score (nSPS) is 13.7. The van der Waals surface area contributed by atoms with Crippen molar-refractivity contribution in [2.75, 3.05) is 18.0 Å². The fourth-order valence-electron chi connectivity index (χ4n) is 3.04. The zero-order valence-corrected chi connectivity index (χ0v) is 15.0. The molecule has 1 aliphatic heterocycles. The van der Waals surface area contributed by atoms with E-state index in [0.717, 1.165) is 18.9 Å². The molecular weight excluding hydrogens is 344 g/mol. The van der Waals surface area contributed by atoms with Gasteiger partial charge in [-0.1, -0.05) is 0 Å². The van der Waals surface area contributed by atoms with Gasteiger partial charge in [0.1, 0.15) is 23.2 Å². The summed E-state index contributed by atoms with van der Waals surface area (Å²) in [4.78, 5) is 32.1. The Morgan fingerprint density at radius 2 is 2.00 bits per heavy atom. The molecule has 4 heterocycles. The number of hydrogen-bond donors (Lipinski definition) is 1. The minimum Gasteiger partial charge on any atom is -0.357 e. The third kappa shape index (κ3) is 3.91. The number of rotatable bonds is 5. The van der Waals surface area contributed by atoms with Crippen LogP contribution in [0.3, 0.4) is 0 Å². The summed E-state index contributed by atoms with van der Waals surface area (Å²) in [5.41, 5.74) is 0.281. The molecule has 0 bridgehead atoms. The Hall–Kier alpha value is -3.36. The van der Waals surface area contributed by atoms with Gasteiger partial charge in [-0.25, -0.2) is 24.6 Å². The molecule has 1 N–H and O–H groups in total. The zero-order valence-electron chi connectivity index (χ0n) is 15.0. The Kier molecular flexibility index (Phi) is 4.73. The van der Waals surface area contributed by atoms with Gasteiger partial charge in [-0.2, -0.15) is 5.10 Å². The highest BCUT2D eigenvalue weighted by atomic mass is 16.1. The molecule has 1 fully saturated rings. The van der Waals surface area contributed by atoms with E-state index >= 15 is 0 Å². The smallest absolute Gasteiger partial charge is 0.270 e. The number of nitrogens with zero attached hydrogens (tertiary/aromatic N) is 7. The van der Waals surface area contributed by atoms with Crippen LogP contribution < -0.4 is 10.2 Å². The van der Waals surface area contributed by atoms with Gasteiger partial charge in [0.25, 0.3) is 5.91 Å². The fraction of sp³-hybridized carbons (Fsp3) is 0.333. The first kappa shape index (κ1) is 17.1. The molecule has 0 spiro atoms. The van der Waals surface area contributed by atoms with Crippen LogP contribution in [0.5, 0.6) is 0 Å². The number of amides is 1. The number of carbonyl (C=O) groups is 1. The lowest BCUT2D eigenvalue weighted by Crippen LogP contribution is -2.26. The third-order valence-electron chi connectivity index (χ3n) is 4.32. The topological polar surface area (TPSA) is 102 Å². The molecule has 0 radical (unpaired) electrons. The van der Waals surface area contributed by atoms with E-state index in [1.807, 2.05) is 6.07 Å². The van der Waals surface area contributed by atoms with Crippen molar-refractivity contribution in [2.24, 2.45) is 0 Å². The molecular formula is C18H20N8O. The highest BCUT2D eigenvalue weighted by Crippen LogP contribution is 2.16. The van der Waals surface area contributed by atoms with Crippen molar-refractivity contribution in [1.29, 1.82) is 0 Å². The van der Waals surface area contributed by atoms with Crippen molar-refractivity contribution in [3.63, 3.8) is 0 Å². The molecule has 27 heavy (non-hydrogen) atoms. The minimum absolute atomic E-state index is 0.237. The molecule has 0 atom stereocenters. The Balaban J connectivity index is 1.46. The number of aryl methyl sites for hydroxylation is 1. The quantitative estimate of drug-likeness (QED) is 0.728. The second kappa shape index (κ2) is 7.48. The van der Waals surface area contributed by atoms with Gasteiger partial charge in [0.05, 0.1) is 6.54 Å². The van der Waals surface area contributed by atoms with Crippen LogP contribution in [0.25, 0.3) is 5.82 Å². The lowest BCUT2D eigenvalue weighted by Gasteiger charge is -2.16. The average Bonchev–Trinajstić information content (AvgIpc) is 3.39. The monoisotopic (exact) mass is 364 g/mol. The Morgan fingerprint density at radius 3 is 2.78 bits per heavy atom. The van der Waals surface area contributed by atoms with Crippen LogP contribution in [0, 0.1) is 6.92 Å². The van der Waals surface area contributed by atoms with E-state index in [-0.39, 0.29) is 18.1 Å². The van der Waals surface area contributed by atoms with Crippen molar-refractivity contribution in [1.82, 2.24) is 35.0 Å². The second-order valence-electron chi connectivity index (χ2n) is 6.32. The summed E-state index contributed by atoms with van der Waals surface area (Å²) in [6, 6.07) is 5.31. The van der Waals surface area contributed by atoms with Crippen molar-refractivity contribution < 1.29 is 4.79 Å².